The number of nitrogens with zero attached hydrogens (tertiary/aromatic N) is 5. The molecule has 3 aromatic heterocycles. The predicted molar refractivity (Wildman–Crippen MR) is 163 cm³/mol. The molecule has 12 heteroatoms. The number of benzene rings is 1. The van der Waals surface area contributed by atoms with Gasteiger partial charge in [-0.2, -0.15) is 4.98 Å². The fraction of sp³-hybridized carbons (Fsp3) is 0.400. The Hall–Kier alpha value is -3.90. The fourth-order valence-corrected chi connectivity index (χ4v) is 6.62. The maximum absolute atomic E-state index is 14.1. The number of sulfonamides is 1. The van der Waals surface area contributed by atoms with Gasteiger partial charge in [0.25, 0.3) is 15.6 Å². The Kier molecular flexibility index (Phi) is 8.29. The average molecular weight is 594 g/mol. The van der Waals surface area contributed by atoms with Crippen LogP contribution in [0.1, 0.15) is 51.3 Å². The van der Waals surface area contributed by atoms with Crippen molar-refractivity contribution in [2.24, 2.45) is 0 Å². The molecule has 1 aromatic carbocycles. The van der Waals surface area contributed by atoms with Crippen LogP contribution in [0, 0.1) is 12.7 Å². The quantitative estimate of drug-likeness (QED) is 0.294. The molecule has 222 valence electrons. The molecule has 0 aliphatic heterocycles. The second-order valence-corrected chi connectivity index (χ2v) is 12.9. The number of rotatable bonds is 8. The standard InChI is InChI=1S/C30H36FN7O3S/c1-18(2)38-28-20(17-32-30(35-28)34-21-10-12-22(13-11-21)37(4)5)16-24(29(38)39)23-14-15-27(33-19(23)3)36-42(40,41)26-9-7-6-8-25(26)31/h6-9,14-18,21-22H,10-13H2,1-5H3,(H,33,36)(H,32,34,35)/t21-,22-. The van der Waals surface area contributed by atoms with Crippen LogP contribution < -0.4 is 15.6 Å². The first-order valence-corrected chi connectivity index (χ1v) is 15.5. The molecule has 1 fully saturated rings. The van der Waals surface area contributed by atoms with E-state index in [0.29, 0.717) is 39.8 Å². The zero-order chi connectivity index (χ0) is 30.2. The van der Waals surface area contributed by atoms with E-state index >= 15 is 0 Å². The minimum absolute atomic E-state index is 0.0168. The number of pyridine rings is 2. The Morgan fingerprint density at radius 2 is 1.74 bits per heavy atom. The third kappa shape index (κ3) is 6.00. The second kappa shape index (κ2) is 11.8. The summed E-state index contributed by atoms with van der Waals surface area (Å²) in [5.41, 5.74) is 1.68. The molecule has 42 heavy (non-hydrogen) atoms. The number of halogens is 1. The lowest BCUT2D eigenvalue weighted by molar-refractivity contribution is 0.221. The van der Waals surface area contributed by atoms with Gasteiger partial charge in [-0.1, -0.05) is 12.1 Å². The van der Waals surface area contributed by atoms with Crippen molar-refractivity contribution in [1.29, 1.82) is 0 Å². The Morgan fingerprint density at radius 3 is 2.38 bits per heavy atom. The maximum atomic E-state index is 14.1. The number of aromatic nitrogens is 4. The van der Waals surface area contributed by atoms with E-state index in [4.69, 9.17) is 4.98 Å². The lowest BCUT2D eigenvalue weighted by Crippen LogP contribution is -2.36. The highest BCUT2D eigenvalue weighted by Crippen LogP contribution is 2.28. The zero-order valence-corrected chi connectivity index (χ0v) is 25.2. The van der Waals surface area contributed by atoms with Crippen LogP contribution in [0.5, 0.6) is 0 Å². The molecular formula is C30H36FN7O3S. The molecule has 0 saturated heterocycles. The number of nitrogens with one attached hydrogen (secondary N) is 2. The highest BCUT2D eigenvalue weighted by atomic mass is 32.2. The number of hydrogen-bond acceptors (Lipinski definition) is 8. The van der Waals surface area contributed by atoms with Crippen LogP contribution in [0.3, 0.4) is 0 Å². The number of fused-ring (bicyclic) bond motifs is 1. The van der Waals surface area contributed by atoms with E-state index in [1.54, 1.807) is 29.8 Å². The number of anilines is 2. The summed E-state index contributed by atoms with van der Waals surface area (Å²) in [5, 5.41) is 4.17. The largest absolute Gasteiger partial charge is 0.351 e. The minimum Gasteiger partial charge on any atom is -0.351 e. The Balaban J connectivity index is 1.45. The van der Waals surface area contributed by atoms with Crippen molar-refractivity contribution in [2.75, 3.05) is 24.1 Å². The summed E-state index contributed by atoms with van der Waals surface area (Å²) >= 11 is 0. The van der Waals surface area contributed by atoms with Crippen molar-refractivity contribution in [3.8, 4) is 11.1 Å². The van der Waals surface area contributed by atoms with Crippen molar-refractivity contribution >= 4 is 32.8 Å². The lowest BCUT2D eigenvalue weighted by atomic mass is 9.91. The van der Waals surface area contributed by atoms with Gasteiger partial charge in [0.2, 0.25) is 5.95 Å². The summed E-state index contributed by atoms with van der Waals surface area (Å²) in [4.78, 5) is 29.3. The molecular weight excluding hydrogens is 557 g/mol. The number of hydrogen-bond donors (Lipinski definition) is 2. The molecule has 0 amide bonds. The molecule has 4 aromatic rings. The third-order valence-corrected chi connectivity index (χ3v) is 9.18. The van der Waals surface area contributed by atoms with E-state index in [2.05, 4.69) is 39.0 Å². The van der Waals surface area contributed by atoms with Crippen LogP contribution in [-0.2, 0) is 10.0 Å². The highest BCUT2D eigenvalue weighted by molar-refractivity contribution is 7.92. The van der Waals surface area contributed by atoms with E-state index in [0.717, 1.165) is 31.7 Å². The van der Waals surface area contributed by atoms with E-state index < -0.39 is 20.7 Å². The average Bonchev–Trinajstić information content (AvgIpc) is 2.93. The van der Waals surface area contributed by atoms with E-state index in [1.807, 2.05) is 13.8 Å². The van der Waals surface area contributed by atoms with Crippen LogP contribution >= 0.6 is 0 Å². The van der Waals surface area contributed by atoms with Crippen molar-refractivity contribution in [3.63, 3.8) is 0 Å². The molecule has 0 spiro atoms. The Bertz CT molecular complexity index is 1780. The van der Waals surface area contributed by atoms with Gasteiger partial charge in [0.1, 0.15) is 22.2 Å². The lowest BCUT2D eigenvalue weighted by Gasteiger charge is -2.33. The van der Waals surface area contributed by atoms with Crippen LogP contribution in [0.2, 0.25) is 0 Å². The highest BCUT2D eigenvalue weighted by Gasteiger charge is 2.24. The molecule has 1 aliphatic carbocycles. The SMILES string of the molecule is Cc1nc(NS(=O)(=O)c2ccccc2F)ccc1-c1cc2cnc(N[C@H]3CC[C@H](N(C)C)CC3)nc2n(C(C)C)c1=O. The molecule has 0 bridgehead atoms. The molecule has 1 saturated carbocycles. The summed E-state index contributed by atoms with van der Waals surface area (Å²) in [7, 11) is 0.0410. The topological polar surface area (TPSA) is 122 Å². The van der Waals surface area contributed by atoms with Crippen molar-refractivity contribution in [1.82, 2.24) is 24.4 Å². The molecule has 10 nitrogen and oxygen atoms in total. The molecule has 0 atom stereocenters. The van der Waals surface area contributed by atoms with Gasteiger partial charge in [0, 0.05) is 46.5 Å². The molecule has 1 aliphatic rings. The van der Waals surface area contributed by atoms with Gasteiger partial charge < -0.3 is 10.2 Å². The maximum Gasteiger partial charge on any atom is 0.265 e. The van der Waals surface area contributed by atoms with Crippen molar-refractivity contribution in [2.45, 2.75) is 69.5 Å². The molecule has 0 unspecified atom stereocenters. The van der Waals surface area contributed by atoms with E-state index in [9.17, 15) is 17.6 Å². The first-order chi connectivity index (χ1) is 19.9. The normalized spacial score (nSPS) is 17.6. The fourth-order valence-electron chi connectivity index (χ4n) is 5.54. The van der Waals surface area contributed by atoms with Gasteiger partial charge in [0.05, 0.1) is 0 Å². The van der Waals surface area contributed by atoms with Crippen LogP contribution in [0.4, 0.5) is 16.2 Å². The van der Waals surface area contributed by atoms with Gasteiger partial charge in [-0.05, 0) is 90.9 Å². The molecule has 3 heterocycles. The van der Waals surface area contributed by atoms with Gasteiger partial charge in [-0.15, -0.1) is 0 Å². The molecule has 5 rings (SSSR count). The van der Waals surface area contributed by atoms with Crippen molar-refractivity contribution in [3.05, 3.63) is 70.5 Å². The van der Waals surface area contributed by atoms with Crippen molar-refractivity contribution < 1.29 is 12.8 Å². The second-order valence-electron chi connectivity index (χ2n) is 11.3. The van der Waals surface area contributed by atoms with Gasteiger partial charge in [-0.25, -0.2) is 22.8 Å². The summed E-state index contributed by atoms with van der Waals surface area (Å²) in [6, 6.07) is 10.6. The third-order valence-electron chi connectivity index (χ3n) is 7.79. The van der Waals surface area contributed by atoms with Crippen LogP contribution in [-0.4, -0.2) is 59.0 Å². The van der Waals surface area contributed by atoms with Crippen LogP contribution in [0.25, 0.3) is 22.2 Å². The summed E-state index contributed by atoms with van der Waals surface area (Å²) < 4.78 is 43.6. The first kappa shape index (κ1) is 29.6. The van der Waals surface area contributed by atoms with Crippen LogP contribution in [0.15, 0.2) is 58.4 Å². The first-order valence-electron chi connectivity index (χ1n) is 14.0. The van der Waals surface area contributed by atoms with Gasteiger partial charge in [0.15, 0.2) is 0 Å². The molecule has 0 radical (unpaired) electrons. The number of aryl methyl sites for hydroxylation is 1. The summed E-state index contributed by atoms with van der Waals surface area (Å²) in [6.07, 6.45) is 5.99. The predicted octanol–water partition coefficient (Wildman–Crippen LogP) is 4.97. The monoisotopic (exact) mass is 593 g/mol. The molecule has 2 N–H and O–H groups in total. The van der Waals surface area contributed by atoms with E-state index in [1.165, 1.54) is 24.3 Å². The summed E-state index contributed by atoms with van der Waals surface area (Å²) in [5.74, 6) is -0.342. The minimum atomic E-state index is -4.19. The zero-order valence-electron chi connectivity index (χ0n) is 24.4. The summed E-state index contributed by atoms with van der Waals surface area (Å²) in [6.45, 7) is 5.54. The Labute approximate surface area is 245 Å². The smallest absolute Gasteiger partial charge is 0.265 e. The Morgan fingerprint density at radius 1 is 1.02 bits per heavy atom. The van der Waals surface area contributed by atoms with Gasteiger partial charge >= 0.3 is 0 Å². The van der Waals surface area contributed by atoms with Gasteiger partial charge in [-0.3, -0.25) is 14.1 Å². The van der Waals surface area contributed by atoms with E-state index in [-0.39, 0.29) is 23.5 Å².